The Morgan fingerprint density at radius 1 is 0.775 bits per heavy atom. The molecule has 3 atom stereocenters. The SMILES string of the molecule is CC1CC/C=C/C[C@@H](O[Si](c2ccccc2)(c2ccccc2)C(C)(C)C)[C@@H](OCc2ccccc2)CCC(=O)C1. The van der Waals surface area contributed by atoms with Gasteiger partial charge in [-0.2, -0.15) is 0 Å². The van der Waals surface area contributed by atoms with Crippen LogP contribution in [-0.2, 0) is 20.6 Å². The number of Topliss-reactive ketones (excluding diaryl/α,β-unsaturated/α-hetero) is 1. The van der Waals surface area contributed by atoms with Gasteiger partial charge in [0.05, 0.1) is 18.8 Å². The van der Waals surface area contributed by atoms with E-state index in [1.54, 1.807) is 0 Å². The van der Waals surface area contributed by atoms with E-state index >= 15 is 0 Å². The van der Waals surface area contributed by atoms with Crippen LogP contribution >= 0.6 is 0 Å². The minimum absolute atomic E-state index is 0.141. The maximum Gasteiger partial charge on any atom is 0.261 e. The van der Waals surface area contributed by atoms with Gasteiger partial charge in [0.2, 0.25) is 0 Å². The number of ketones is 1. The molecule has 4 rings (SSSR count). The number of rotatable bonds is 7. The molecule has 0 aromatic heterocycles. The Morgan fingerprint density at radius 3 is 1.93 bits per heavy atom. The van der Waals surface area contributed by atoms with Gasteiger partial charge in [0, 0.05) is 12.8 Å². The third-order valence-corrected chi connectivity index (χ3v) is 13.2. The second-order valence-corrected chi connectivity index (χ2v) is 16.6. The summed E-state index contributed by atoms with van der Waals surface area (Å²) in [6.45, 7) is 9.63. The average Bonchev–Trinajstić information content (AvgIpc) is 2.95. The molecule has 1 aliphatic rings. The van der Waals surface area contributed by atoms with Gasteiger partial charge < -0.3 is 9.16 Å². The lowest BCUT2D eigenvalue weighted by molar-refractivity contribution is -0.121. The van der Waals surface area contributed by atoms with Crippen molar-refractivity contribution in [2.45, 2.75) is 90.1 Å². The zero-order valence-electron chi connectivity index (χ0n) is 24.7. The maximum absolute atomic E-state index is 13.0. The highest BCUT2D eigenvalue weighted by Gasteiger charge is 2.52. The van der Waals surface area contributed by atoms with Gasteiger partial charge in [-0.25, -0.2) is 0 Å². The fraction of sp³-hybridized carbons (Fsp3) is 0.417. The van der Waals surface area contributed by atoms with Crippen molar-refractivity contribution in [3.63, 3.8) is 0 Å². The lowest BCUT2D eigenvalue weighted by Crippen LogP contribution is -2.68. The van der Waals surface area contributed by atoms with Gasteiger partial charge >= 0.3 is 0 Å². The van der Waals surface area contributed by atoms with Crippen LogP contribution in [0.4, 0.5) is 0 Å². The molecule has 0 radical (unpaired) electrons. The van der Waals surface area contributed by atoms with Crippen molar-refractivity contribution in [1.82, 2.24) is 0 Å². The second kappa shape index (κ2) is 14.2. The van der Waals surface area contributed by atoms with Gasteiger partial charge in [-0.1, -0.05) is 131 Å². The third kappa shape index (κ3) is 7.69. The largest absolute Gasteiger partial charge is 0.402 e. The number of allylic oxidation sites excluding steroid dienone is 1. The van der Waals surface area contributed by atoms with Crippen molar-refractivity contribution >= 4 is 24.5 Å². The fourth-order valence-electron chi connectivity index (χ4n) is 5.97. The normalized spacial score (nSPS) is 22.2. The van der Waals surface area contributed by atoms with Gasteiger partial charge in [0.15, 0.2) is 0 Å². The van der Waals surface area contributed by atoms with Crippen molar-refractivity contribution in [1.29, 1.82) is 0 Å². The van der Waals surface area contributed by atoms with Gasteiger partial charge in [-0.15, -0.1) is 0 Å². The fourth-order valence-corrected chi connectivity index (χ4v) is 10.7. The Labute approximate surface area is 242 Å². The summed E-state index contributed by atoms with van der Waals surface area (Å²) >= 11 is 0. The molecule has 212 valence electrons. The van der Waals surface area contributed by atoms with Crippen LogP contribution in [0.1, 0.15) is 71.8 Å². The van der Waals surface area contributed by atoms with E-state index in [1.807, 2.05) is 18.2 Å². The van der Waals surface area contributed by atoms with Crippen LogP contribution in [0.2, 0.25) is 5.04 Å². The molecule has 3 aromatic carbocycles. The summed E-state index contributed by atoms with van der Waals surface area (Å²) < 4.78 is 14.3. The summed E-state index contributed by atoms with van der Waals surface area (Å²) in [5.74, 6) is 0.735. The molecule has 40 heavy (non-hydrogen) atoms. The summed E-state index contributed by atoms with van der Waals surface area (Å²) in [5, 5.41) is 2.38. The summed E-state index contributed by atoms with van der Waals surface area (Å²) in [6.07, 6.45) is 8.78. The second-order valence-electron chi connectivity index (χ2n) is 12.3. The molecular formula is C36H46O3Si. The van der Waals surface area contributed by atoms with Crippen LogP contribution in [0, 0.1) is 5.92 Å². The van der Waals surface area contributed by atoms with Crippen LogP contribution < -0.4 is 10.4 Å². The first-order chi connectivity index (χ1) is 19.3. The number of carbonyl (C=O) groups is 1. The molecule has 1 aliphatic carbocycles. The zero-order valence-corrected chi connectivity index (χ0v) is 25.7. The predicted molar refractivity (Wildman–Crippen MR) is 169 cm³/mol. The lowest BCUT2D eigenvalue weighted by Gasteiger charge is -2.46. The van der Waals surface area contributed by atoms with Crippen LogP contribution in [0.3, 0.4) is 0 Å². The highest BCUT2D eigenvalue weighted by molar-refractivity contribution is 6.99. The predicted octanol–water partition coefficient (Wildman–Crippen LogP) is 7.63. The third-order valence-electron chi connectivity index (χ3n) is 8.11. The van der Waals surface area contributed by atoms with Crippen LogP contribution in [0.25, 0.3) is 0 Å². The van der Waals surface area contributed by atoms with Crippen molar-refractivity contribution in [2.24, 2.45) is 5.92 Å². The quantitative estimate of drug-likeness (QED) is 0.222. The van der Waals surface area contributed by atoms with E-state index in [-0.39, 0.29) is 17.2 Å². The molecule has 3 nitrogen and oxygen atoms in total. The molecule has 0 saturated heterocycles. The van der Waals surface area contributed by atoms with Crippen LogP contribution in [0.5, 0.6) is 0 Å². The molecule has 0 aliphatic heterocycles. The Hall–Kier alpha value is -2.79. The highest BCUT2D eigenvalue weighted by Crippen LogP contribution is 2.39. The van der Waals surface area contributed by atoms with E-state index in [0.29, 0.717) is 37.6 Å². The van der Waals surface area contributed by atoms with Crippen molar-refractivity contribution in [2.75, 3.05) is 0 Å². The number of carbonyl (C=O) groups excluding carboxylic acids is 1. The Bertz CT molecular complexity index is 1160. The summed E-state index contributed by atoms with van der Waals surface area (Å²) in [7, 11) is -2.80. The molecule has 1 unspecified atom stereocenters. The van der Waals surface area contributed by atoms with Crippen LogP contribution in [-0.4, -0.2) is 26.3 Å². The minimum atomic E-state index is -2.80. The van der Waals surface area contributed by atoms with Crippen molar-refractivity contribution < 1.29 is 14.0 Å². The molecule has 0 heterocycles. The number of hydrogen-bond donors (Lipinski definition) is 0. The Balaban J connectivity index is 1.78. The standard InChI is InChI=1S/C36H46O3Si/c1-29-17-9-5-16-24-35(34(26-25-31(37)27-29)38-28-30-18-10-6-11-19-30)39-40(36(2,3)4,32-20-12-7-13-21-32)33-22-14-8-15-23-33/h5-8,10-16,18-23,29,34-35H,9,17,24-28H2,1-4H3/b16-5+/t29?,34-,35+/m0/s1. The molecule has 0 amide bonds. The Kier molecular flexibility index (Phi) is 10.7. The average molecular weight is 555 g/mol. The van der Waals surface area contributed by atoms with E-state index in [2.05, 4.69) is 113 Å². The van der Waals surface area contributed by atoms with Crippen LogP contribution in [0.15, 0.2) is 103 Å². The number of benzene rings is 3. The first kappa shape index (κ1) is 30.2. The first-order valence-electron chi connectivity index (χ1n) is 14.9. The topological polar surface area (TPSA) is 35.5 Å². The molecule has 3 aromatic rings. The van der Waals surface area contributed by atoms with Gasteiger partial charge in [-0.05, 0) is 52.6 Å². The molecular weight excluding hydrogens is 508 g/mol. The Morgan fingerprint density at radius 2 is 1.35 bits per heavy atom. The zero-order chi connectivity index (χ0) is 28.4. The van der Waals surface area contributed by atoms with Crippen molar-refractivity contribution in [3.05, 3.63) is 109 Å². The summed E-state index contributed by atoms with van der Waals surface area (Å²) in [6, 6.07) is 31.9. The van der Waals surface area contributed by atoms with Gasteiger partial charge in [0.25, 0.3) is 8.32 Å². The van der Waals surface area contributed by atoms with Gasteiger partial charge in [0.1, 0.15) is 5.78 Å². The smallest absolute Gasteiger partial charge is 0.261 e. The van der Waals surface area contributed by atoms with E-state index in [0.717, 1.165) is 24.8 Å². The number of hydrogen-bond acceptors (Lipinski definition) is 3. The van der Waals surface area contributed by atoms with Crippen molar-refractivity contribution in [3.8, 4) is 0 Å². The molecule has 0 saturated carbocycles. The minimum Gasteiger partial charge on any atom is -0.402 e. The number of ether oxygens (including phenoxy) is 1. The van der Waals surface area contributed by atoms with Gasteiger partial charge in [-0.3, -0.25) is 4.79 Å². The molecule has 4 heteroatoms. The molecule has 0 N–H and O–H groups in total. The first-order valence-corrected chi connectivity index (χ1v) is 16.8. The summed E-state index contributed by atoms with van der Waals surface area (Å²) in [5.41, 5.74) is 1.13. The highest BCUT2D eigenvalue weighted by atomic mass is 28.4. The maximum atomic E-state index is 13.0. The van der Waals surface area contributed by atoms with E-state index in [1.165, 1.54) is 10.4 Å². The monoisotopic (exact) mass is 554 g/mol. The van der Waals surface area contributed by atoms with E-state index < -0.39 is 8.32 Å². The molecule has 0 fully saturated rings. The van der Waals surface area contributed by atoms with E-state index in [4.69, 9.17) is 9.16 Å². The molecule has 0 spiro atoms. The molecule has 0 bridgehead atoms. The van der Waals surface area contributed by atoms with E-state index in [9.17, 15) is 4.79 Å². The summed E-state index contributed by atoms with van der Waals surface area (Å²) in [4.78, 5) is 13.0. The lowest BCUT2D eigenvalue weighted by atomic mass is 9.94.